The van der Waals surface area contributed by atoms with Crippen molar-refractivity contribution in [3.63, 3.8) is 0 Å². The van der Waals surface area contributed by atoms with Crippen LogP contribution in [-0.2, 0) is 24.8 Å². The number of ether oxygens (including phenoxy) is 1. The Bertz CT molecular complexity index is 1440. The number of aryl methyl sites for hydroxylation is 1. The Morgan fingerprint density at radius 1 is 1.15 bits per heavy atom. The summed E-state index contributed by atoms with van der Waals surface area (Å²) in [7, 11) is 1.60. The molecule has 0 fully saturated rings. The lowest BCUT2D eigenvalue weighted by Gasteiger charge is -2.21. The normalized spacial score (nSPS) is 12.2. The van der Waals surface area contributed by atoms with E-state index in [0.29, 0.717) is 27.5 Å². The van der Waals surface area contributed by atoms with Crippen LogP contribution in [0.4, 0.5) is 22.0 Å². The molecule has 41 heavy (non-hydrogen) atoms. The van der Waals surface area contributed by atoms with Gasteiger partial charge in [0.15, 0.2) is 0 Å². The standard InChI is InChI=1S/C26H27Cl2F5N4O4/c1-25(2,12-38)24(40)34-9-13-4-5-16(27)14(22(13)28)7-21-36-17-6-15(23(39)35-11-26(31,32)33)19(41-10-20(29)30)8-18(17)37(21)3/h4-6,8,20,38H,7,9-12H2,1-3H3,(H,34,40)(H,35,39). The van der Waals surface area contributed by atoms with E-state index in [1.54, 1.807) is 42.9 Å². The summed E-state index contributed by atoms with van der Waals surface area (Å²) in [5.74, 6) is -1.53. The van der Waals surface area contributed by atoms with Crippen molar-refractivity contribution in [3.8, 4) is 5.75 Å². The largest absolute Gasteiger partial charge is 0.487 e. The van der Waals surface area contributed by atoms with Crippen molar-refractivity contribution in [1.29, 1.82) is 0 Å². The number of amides is 2. The number of fused-ring (bicyclic) bond motifs is 1. The number of nitrogens with one attached hydrogen (secondary N) is 2. The zero-order chi connectivity index (χ0) is 30.7. The molecular weight excluding hydrogens is 598 g/mol. The number of halogens is 7. The van der Waals surface area contributed by atoms with E-state index in [1.807, 2.05) is 0 Å². The molecule has 0 saturated heterocycles. The van der Waals surface area contributed by atoms with E-state index in [2.05, 4.69) is 10.3 Å². The van der Waals surface area contributed by atoms with Gasteiger partial charge in [0.2, 0.25) is 5.91 Å². The molecule has 0 atom stereocenters. The number of carbonyl (C=O) groups is 2. The molecular formula is C26H27Cl2F5N4O4. The van der Waals surface area contributed by atoms with Gasteiger partial charge in [-0.25, -0.2) is 13.8 Å². The van der Waals surface area contributed by atoms with Gasteiger partial charge in [-0.3, -0.25) is 9.59 Å². The Hall–Kier alpha value is -3.16. The minimum absolute atomic E-state index is 0.0506. The van der Waals surface area contributed by atoms with Crippen LogP contribution >= 0.6 is 23.2 Å². The van der Waals surface area contributed by atoms with Crippen LogP contribution in [0.2, 0.25) is 10.0 Å². The minimum atomic E-state index is -4.69. The second-order valence-corrected chi connectivity index (χ2v) is 10.6. The fourth-order valence-electron chi connectivity index (χ4n) is 3.74. The van der Waals surface area contributed by atoms with E-state index in [9.17, 15) is 36.6 Å². The van der Waals surface area contributed by atoms with Crippen LogP contribution < -0.4 is 15.4 Å². The molecule has 3 rings (SSSR count). The lowest BCUT2D eigenvalue weighted by Crippen LogP contribution is -2.38. The highest BCUT2D eigenvalue weighted by Crippen LogP contribution is 2.33. The number of benzene rings is 2. The van der Waals surface area contributed by atoms with Crippen molar-refractivity contribution in [2.24, 2.45) is 12.5 Å². The number of hydrogen-bond acceptors (Lipinski definition) is 5. The van der Waals surface area contributed by atoms with E-state index >= 15 is 0 Å². The van der Waals surface area contributed by atoms with Gasteiger partial charge in [0.05, 0.1) is 33.6 Å². The Balaban J connectivity index is 1.96. The van der Waals surface area contributed by atoms with Gasteiger partial charge in [-0.15, -0.1) is 0 Å². The van der Waals surface area contributed by atoms with Crippen LogP contribution in [0.1, 0.15) is 41.2 Å². The third-order valence-corrected chi connectivity index (χ3v) is 7.01. The predicted molar refractivity (Wildman–Crippen MR) is 143 cm³/mol. The maximum absolute atomic E-state index is 12.8. The molecule has 8 nitrogen and oxygen atoms in total. The molecule has 0 spiro atoms. The van der Waals surface area contributed by atoms with Crippen LogP contribution in [0, 0.1) is 5.41 Å². The van der Waals surface area contributed by atoms with Gasteiger partial charge in [0.1, 0.15) is 24.7 Å². The van der Waals surface area contributed by atoms with Crippen LogP contribution in [0.25, 0.3) is 11.0 Å². The molecule has 0 unspecified atom stereocenters. The van der Waals surface area contributed by atoms with Gasteiger partial charge in [-0.1, -0.05) is 29.3 Å². The lowest BCUT2D eigenvalue weighted by atomic mass is 9.93. The van der Waals surface area contributed by atoms with Crippen LogP contribution in [-0.4, -0.2) is 58.8 Å². The zero-order valence-corrected chi connectivity index (χ0v) is 23.6. The fourth-order valence-corrected chi connectivity index (χ4v) is 4.31. The topological polar surface area (TPSA) is 105 Å². The molecule has 0 saturated carbocycles. The van der Waals surface area contributed by atoms with E-state index < -0.39 is 42.6 Å². The molecule has 1 aromatic heterocycles. The summed E-state index contributed by atoms with van der Waals surface area (Å²) in [6.07, 6.45) is -7.52. The Morgan fingerprint density at radius 3 is 2.44 bits per heavy atom. The van der Waals surface area contributed by atoms with Crippen molar-refractivity contribution in [3.05, 3.63) is 56.8 Å². The summed E-state index contributed by atoms with van der Waals surface area (Å²) in [5.41, 5.74) is 0.126. The van der Waals surface area contributed by atoms with E-state index in [1.165, 1.54) is 6.07 Å². The summed E-state index contributed by atoms with van der Waals surface area (Å²) in [5, 5.41) is 14.4. The Morgan fingerprint density at radius 2 is 1.83 bits per heavy atom. The number of aliphatic hydroxyl groups is 1. The minimum Gasteiger partial charge on any atom is -0.487 e. The smallest absolute Gasteiger partial charge is 0.405 e. The summed E-state index contributed by atoms with van der Waals surface area (Å²) < 4.78 is 70.2. The summed E-state index contributed by atoms with van der Waals surface area (Å²) >= 11 is 13.0. The number of carbonyl (C=O) groups excluding carboxylic acids is 2. The van der Waals surface area contributed by atoms with Crippen LogP contribution in [0.5, 0.6) is 5.75 Å². The molecule has 15 heteroatoms. The van der Waals surface area contributed by atoms with Gasteiger partial charge in [-0.2, -0.15) is 13.2 Å². The summed E-state index contributed by atoms with van der Waals surface area (Å²) in [4.78, 5) is 29.3. The first-order chi connectivity index (χ1) is 19.0. The first-order valence-corrected chi connectivity index (χ1v) is 12.9. The average Bonchev–Trinajstić information content (AvgIpc) is 3.20. The molecule has 1 heterocycles. The number of nitrogens with zero attached hydrogens (tertiary/aromatic N) is 2. The molecule has 0 radical (unpaired) electrons. The first kappa shape index (κ1) is 32.4. The number of rotatable bonds is 11. The quantitative estimate of drug-likeness (QED) is 0.259. The second-order valence-electron chi connectivity index (χ2n) is 9.82. The van der Waals surface area contributed by atoms with E-state index in [0.717, 1.165) is 6.07 Å². The molecule has 0 aliphatic carbocycles. The number of alkyl halides is 5. The number of aromatic nitrogens is 2. The molecule has 0 aliphatic rings. The number of aliphatic hydroxyl groups excluding tert-OH is 1. The van der Waals surface area contributed by atoms with E-state index in [4.69, 9.17) is 27.9 Å². The van der Waals surface area contributed by atoms with Crippen molar-refractivity contribution in [2.75, 3.05) is 19.8 Å². The van der Waals surface area contributed by atoms with Gasteiger partial charge in [-0.05, 0) is 37.1 Å². The Labute approximate surface area is 241 Å². The van der Waals surface area contributed by atoms with Crippen molar-refractivity contribution >= 4 is 46.0 Å². The predicted octanol–water partition coefficient (Wildman–Crippen LogP) is 5.04. The molecule has 2 amide bonds. The van der Waals surface area contributed by atoms with Crippen molar-refractivity contribution in [1.82, 2.24) is 20.2 Å². The fraction of sp³-hybridized carbons (Fsp3) is 0.423. The second kappa shape index (κ2) is 12.8. The molecule has 224 valence electrons. The van der Waals surface area contributed by atoms with Gasteiger partial charge in [0.25, 0.3) is 12.3 Å². The summed E-state index contributed by atoms with van der Waals surface area (Å²) in [6, 6.07) is 5.62. The highest BCUT2D eigenvalue weighted by Gasteiger charge is 2.29. The first-order valence-electron chi connectivity index (χ1n) is 12.1. The SMILES string of the molecule is Cn1c(Cc2c(Cl)ccc(CNC(=O)C(C)(C)CO)c2Cl)nc2cc(C(=O)NCC(F)(F)F)c(OCC(F)F)cc21. The molecule has 3 aromatic rings. The molecule has 0 aliphatic heterocycles. The third-order valence-electron chi connectivity index (χ3n) is 6.18. The van der Waals surface area contributed by atoms with E-state index in [-0.39, 0.29) is 41.8 Å². The van der Waals surface area contributed by atoms with Gasteiger partial charge < -0.3 is 25.0 Å². The summed E-state index contributed by atoms with van der Waals surface area (Å²) in [6.45, 7) is 0.147. The highest BCUT2D eigenvalue weighted by molar-refractivity contribution is 6.36. The number of imidazole rings is 1. The van der Waals surface area contributed by atoms with Gasteiger partial charge in [0, 0.05) is 31.1 Å². The van der Waals surface area contributed by atoms with Crippen molar-refractivity contribution in [2.45, 2.75) is 39.4 Å². The average molecular weight is 625 g/mol. The van der Waals surface area contributed by atoms with Crippen LogP contribution in [0.3, 0.4) is 0 Å². The zero-order valence-electron chi connectivity index (χ0n) is 22.1. The molecule has 3 N–H and O–H groups in total. The third kappa shape index (κ3) is 7.98. The Kier molecular flexibility index (Phi) is 10.1. The van der Waals surface area contributed by atoms with Crippen molar-refractivity contribution < 1.29 is 41.4 Å². The highest BCUT2D eigenvalue weighted by atomic mass is 35.5. The maximum Gasteiger partial charge on any atom is 0.405 e. The monoisotopic (exact) mass is 624 g/mol. The van der Waals surface area contributed by atoms with Gasteiger partial charge >= 0.3 is 6.18 Å². The molecule has 0 bridgehead atoms. The lowest BCUT2D eigenvalue weighted by molar-refractivity contribution is -0.131. The maximum atomic E-state index is 12.8. The van der Waals surface area contributed by atoms with Crippen LogP contribution in [0.15, 0.2) is 24.3 Å². The molecule has 2 aromatic carbocycles. The number of hydrogen-bond donors (Lipinski definition) is 3.